The standard InChI is InChI=1S/C27H27ClO/c1-4-23-15-21(11-13-26(23)18-29)10-12-25(24-6-5-7-27(28)17-24)16-22-9-8-19(2)20(3)14-22/h5-15,17-18,25H,4,16H2,1-3H3. The molecule has 0 fully saturated rings. The summed E-state index contributed by atoms with van der Waals surface area (Å²) < 4.78 is 0. The second kappa shape index (κ2) is 9.71. The van der Waals surface area contributed by atoms with Crippen molar-refractivity contribution in [1.29, 1.82) is 0 Å². The Balaban J connectivity index is 1.93. The largest absolute Gasteiger partial charge is 0.298 e. The van der Waals surface area contributed by atoms with Crippen LogP contribution in [0.5, 0.6) is 0 Å². The molecule has 1 unspecified atom stereocenters. The van der Waals surface area contributed by atoms with Gasteiger partial charge >= 0.3 is 0 Å². The van der Waals surface area contributed by atoms with Crippen molar-refractivity contribution >= 4 is 24.0 Å². The molecule has 1 nitrogen and oxygen atoms in total. The van der Waals surface area contributed by atoms with Crippen LogP contribution in [0.1, 0.15) is 56.6 Å². The second-order valence-electron chi connectivity index (χ2n) is 7.57. The Kier molecular flexibility index (Phi) is 7.06. The number of benzene rings is 3. The summed E-state index contributed by atoms with van der Waals surface area (Å²) >= 11 is 6.27. The van der Waals surface area contributed by atoms with Gasteiger partial charge in [-0.15, -0.1) is 0 Å². The minimum absolute atomic E-state index is 0.214. The summed E-state index contributed by atoms with van der Waals surface area (Å²) in [6, 6.07) is 20.8. The first kappa shape index (κ1) is 21.1. The van der Waals surface area contributed by atoms with Crippen molar-refractivity contribution in [3.8, 4) is 0 Å². The van der Waals surface area contributed by atoms with Gasteiger partial charge in [-0.25, -0.2) is 0 Å². The molecule has 29 heavy (non-hydrogen) atoms. The van der Waals surface area contributed by atoms with Crippen LogP contribution in [-0.2, 0) is 12.8 Å². The Hall–Kier alpha value is -2.64. The number of carbonyl (C=O) groups is 1. The number of aryl methyl sites for hydroxylation is 3. The first-order chi connectivity index (χ1) is 14.0. The van der Waals surface area contributed by atoms with E-state index in [4.69, 9.17) is 11.6 Å². The third-order valence-corrected chi connectivity index (χ3v) is 5.73. The molecule has 0 saturated carbocycles. The third-order valence-electron chi connectivity index (χ3n) is 5.50. The molecule has 148 valence electrons. The second-order valence-corrected chi connectivity index (χ2v) is 8.01. The number of carbonyl (C=O) groups excluding carboxylic acids is 1. The molecule has 0 aliphatic heterocycles. The molecule has 0 heterocycles. The minimum atomic E-state index is 0.214. The summed E-state index contributed by atoms with van der Waals surface area (Å²) in [7, 11) is 0. The Morgan fingerprint density at radius 1 is 0.966 bits per heavy atom. The zero-order valence-corrected chi connectivity index (χ0v) is 18.0. The van der Waals surface area contributed by atoms with Gasteiger partial charge in [-0.05, 0) is 72.2 Å². The van der Waals surface area contributed by atoms with Gasteiger partial charge in [-0.3, -0.25) is 4.79 Å². The van der Waals surface area contributed by atoms with Gasteiger partial charge in [0.15, 0.2) is 0 Å². The van der Waals surface area contributed by atoms with Crippen LogP contribution in [-0.4, -0.2) is 6.29 Å². The molecular weight excluding hydrogens is 376 g/mol. The van der Waals surface area contributed by atoms with E-state index >= 15 is 0 Å². The Morgan fingerprint density at radius 2 is 1.79 bits per heavy atom. The van der Waals surface area contributed by atoms with Crippen molar-refractivity contribution in [2.75, 3.05) is 0 Å². The van der Waals surface area contributed by atoms with Gasteiger partial charge in [-0.1, -0.05) is 79.2 Å². The average molecular weight is 403 g/mol. The molecule has 0 radical (unpaired) electrons. The van der Waals surface area contributed by atoms with E-state index in [1.165, 1.54) is 22.3 Å². The molecular formula is C27H27ClO. The number of halogens is 1. The maximum atomic E-state index is 11.2. The molecule has 2 heteroatoms. The lowest BCUT2D eigenvalue weighted by atomic mass is 9.90. The number of hydrogen-bond donors (Lipinski definition) is 0. The third kappa shape index (κ3) is 5.46. The molecule has 0 spiro atoms. The van der Waals surface area contributed by atoms with Crippen molar-refractivity contribution < 1.29 is 4.79 Å². The van der Waals surface area contributed by atoms with Gasteiger partial charge in [0.1, 0.15) is 6.29 Å². The summed E-state index contributed by atoms with van der Waals surface area (Å²) in [5, 5.41) is 0.754. The Morgan fingerprint density at radius 3 is 2.48 bits per heavy atom. The van der Waals surface area contributed by atoms with Crippen LogP contribution in [0, 0.1) is 13.8 Å². The van der Waals surface area contributed by atoms with E-state index in [0.29, 0.717) is 0 Å². The monoisotopic (exact) mass is 402 g/mol. The van der Waals surface area contributed by atoms with E-state index in [1.54, 1.807) is 0 Å². The lowest BCUT2D eigenvalue weighted by Gasteiger charge is -2.15. The maximum absolute atomic E-state index is 11.2. The van der Waals surface area contributed by atoms with Crippen molar-refractivity contribution in [1.82, 2.24) is 0 Å². The average Bonchev–Trinajstić information content (AvgIpc) is 2.73. The van der Waals surface area contributed by atoms with E-state index in [1.807, 2.05) is 30.3 Å². The summed E-state index contributed by atoms with van der Waals surface area (Å²) in [5.41, 5.74) is 8.10. The molecule has 0 saturated heterocycles. The van der Waals surface area contributed by atoms with Gasteiger partial charge in [0.05, 0.1) is 0 Å². The van der Waals surface area contributed by atoms with E-state index < -0.39 is 0 Å². The van der Waals surface area contributed by atoms with Crippen LogP contribution in [0.3, 0.4) is 0 Å². The molecule has 3 rings (SSSR count). The summed E-state index contributed by atoms with van der Waals surface area (Å²) in [4.78, 5) is 11.2. The topological polar surface area (TPSA) is 17.1 Å². The molecule has 3 aromatic rings. The quantitative estimate of drug-likeness (QED) is 0.377. The Bertz CT molecular complexity index is 1030. The molecule has 0 aliphatic rings. The highest BCUT2D eigenvalue weighted by Crippen LogP contribution is 2.27. The number of allylic oxidation sites excluding steroid dienone is 1. The van der Waals surface area contributed by atoms with E-state index in [9.17, 15) is 4.79 Å². The SMILES string of the molecule is CCc1cc(C=CC(Cc2ccc(C)c(C)c2)c2cccc(Cl)c2)ccc1C=O. The fraction of sp³-hybridized carbons (Fsp3) is 0.222. The fourth-order valence-electron chi connectivity index (χ4n) is 3.60. The number of aldehydes is 1. The zero-order chi connectivity index (χ0) is 20.8. The molecule has 3 aromatic carbocycles. The lowest BCUT2D eigenvalue weighted by Crippen LogP contribution is -2.01. The van der Waals surface area contributed by atoms with Gasteiger partial charge in [0.25, 0.3) is 0 Å². The highest BCUT2D eigenvalue weighted by molar-refractivity contribution is 6.30. The zero-order valence-electron chi connectivity index (χ0n) is 17.3. The van der Waals surface area contributed by atoms with Crippen LogP contribution in [0.15, 0.2) is 66.7 Å². The van der Waals surface area contributed by atoms with Gasteiger partial charge in [0, 0.05) is 16.5 Å². The molecule has 0 N–H and O–H groups in total. The van der Waals surface area contributed by atoms with Crippen LogP contribution in [0.4, 0.5) is 0 Å². The maximum Gasteiger partial charge on any atom is 0.150 e. The summed E-state index contributed by atoms with van der Waals surface area (Å²) in [6.07, 6.45) is 7.08. The van der Waals surface area contributed by atoms with Crippen molar-refractivity contribution in [2.45, 2.75) is 39.5 Å². The van der Waals surface area contributed by atoms with Gasteiger partial charge < -0.3 is 0 Å². The van der Waals surface area contributed by atoms with Crippen molar-refractivity contribution in [3.05, 3.63) is 111 Å². The predicted molar refractivity (Wildman–Crippen MR) is 124 cm³/mol. The number of rotatable bonds is 7. The normalized spacial score (nSPS) is 12.3. The first-order valence-electron chi connectivity index (χ1n) is 10.1. The van der Waals surface area contributed by atoms with Crippen LogP contribution < -0.4 is 0 Å². The molecule has 1 atom stereocenters. The first-order valence-corrected chi connectivity index (χ1v) is 10.5. The summed E-state index contributed by atoms with van der Waals surface area (Å²) in [5.74, 6) is 0.214. The molecule has 0 aliphatic carbocycles. The fourth-order valence-corrected chi connectivity index (χ4v) is 3.80. The Labute approximate surface area is 179 Å². The van der Waals surface area contributed by atoms with E-state index in [0.717, 1.165) is 40.8 Å². The minimum Gasteiger partial charge on any atom is -0.298 e. The van der Waals surface area contributed by atoms with Crippen LogP contribution in [0.2, 0.25) is 5.02 Å². The van der Waals surface area contributed by atoms with Crippen LogP contribution in [0.25, 0.3) is 6.08 Å². The lowest BCUT2D eigenvalue weighted by molar-refractivity contribution is 0.112. The smallest absolute Gasteiger partial charge is 0.150 e. The van der Waals surface area contributed by atoms with E-state index in [2.05, 4.69) is 63.3 Å². The van der Waals surface area contributed by atoms with Crippen molar-refractivity contribution in [2.24, 2.45) is 0 Å². The predicted octanol–water partition coefficient (Wildman–Crippen LogP) is 7.37. The highest BCUT2D eigenvalue weighted by Gasteiger charge is 2.11. The van der Waals surface area contributed by atoms with Gasteiger partial charge in [-0.2, -0.15) is 0 Å². The highest BCUT2D eigenvalue weighted by atomic mass is 35.5. The van der Waals surface area contributed by atoms with Gasteiger partial charge in [0.2, 0.25) is 0 Å². The van der Waals surface area contributed by atoms with Crippen molar-refractivity contribution in [3.63, 3.8) is 0 Å². The molecule has 0 bridgehead atoms. The summed E-state index contributed by atoms with van der Waals surface area (Å²) in [6.45, 7) is 6.37. The molecule has 0 aromatic heterocycles. The van der Waals surface area contributed by atoms with E-state index in [-0.39, 0.29) is 5.92 Å². The molecule has 0 amide bonds. The number of hydrogen-bond acceptors (Lipinski definition) is 1. The van der Waals surface area contributed by atoms with Crippen LogP contribution >= 0.6 is 11.6 Å².